The van der Waals surface area contributed by atoms with E-state index < -0.39 is 0 Å². The van der Waals surface area contributed by atoms with E-state index in [0.29, 0.717) is 0 Å². The highest BCUT2D eigenvalue weighted by atomic mass is 79.9. The van der Waals surface area contributed by atoms with E-state index in [2.05, 4.69) is 28.1 Å². The molecule has 1 aromatic rings. The minimum absolute atomic E-state index is 0.292. The van der Waals surface area contributed by atoms with Crippen molar-refractivity contribution in [2.24, 2.45) is 0 Å². The molecule has 1 aromatic carbocycles. The lowest BCUT2D eigenvalue weighted by Crippen LogP contribution is -2.23. The van der Waals surface area contributed by atoms with Gasteiger partial charge in [-0.25, -0.2) is 0 Å². The van der Waals surface area contributed by atoms with Crippen LogP contribution in [0.25, 0.3) is 0 Å². The van der Waals surface area contributed by atoms with Gasteiger partial charge in [0.15, 0.2) is 0 Å². The summed E-state index contributed by atoms with van der Waals surface area (Å²) in [6.07, 6.45) is 3.16. The quantitative estimate of drug-likeness (QED) is 0.730. The molecule has 1 aliphatic rings. The summed E-state index contributed by atoms with van der Waals surface area (Å²) in [6, 6.07) is 6.21. The van der Waals surface area contributed by atoms with Crippen molar-refractivity contribution in [3.8, 4) is 0 Å². The fraction of sp³-hybridized carbons (Fsp3) is 0.417. The number of hydrogen-bond acceptors (Lipinski definition) is 2. The number of carbonyl (C=O) groups is 1. The minimum atomic E-state index is -0.292. The van der Waals surface area contributed by atoms with Gasteiger partial charge in [-0.1, -0.05) is 22.0 Å². The molecule has 0 aliphatic carbocycles. The summed E-state index contributed by atoms with van der Waals surface area (Å²) in [5, 5.41) is 0. The van der Waals surface area contributed by atoms with Crippen LogP contribution >= 0.6 is 27.7 Å². The zero-order chi connectivity index (χ0) is 10.9. The lowest BCUT2D eigenvalue weighted by Gasteiger charge is -2.23. The molecule has 0 amide bonds. The maximum absolute atomic E-state index is 11.3. The zero-order valence-corrected chi connectivity index (χ0v) is 11.0. The van der Waals surface area contributed by atoms with Gasteiger partial charge in [0.2, 0.25) is 0 Å². The average molecular weight is 285 g/mol. The molecule has 0 saturated carbocycles. The Morgan fingerprint density at radius 3 is 3.07 bits per heavy atom. The third-order valence-corrected chi connectivity index (χ3v) is 4.55. The van der Waals surface area contributed by atoms with E-state index in [0.717, 1.165) is 29.4 Å². The molecule has 1 atom stereocenters. The molecule has 0 saturated heterocycles. The molecule has 0 radical (unpaired) electrons. The third kappa shape index (κ3) is 2.13. The van der Waals surface area contributed by atoms with Gasteiger partial charge in [-0.3, -0.25) is 0 Å². The Kier molecular flexibility index (Phi) is 3.21. The second-order valence-electron chi connectivity index (χ2n) is 4.13. The highest BCUT2D eigenvalue weighted by Gasteiger charge is 2.30. The van der Waals surface area contributed by atoms with Crippen molar-refractivity contribution in [1.29, 1.82) is 0 Å². The summed E-state index contributed by atoms with van der Waals surface area (Å²) >= 11 is 5.33. The van der Waals surface area contributed by atoms with Crippen LogP contribution in [0.3, 0.4) is 0 Å². The lowest BCUT2D eigenvalue weighted by atomic mass is 9.80. The molecule has 1 aliphatic heterocycles. The van der Waals surface area contributed by atoms with Gasteiger partial charge < -0.3 is 4.79 Å². The highest BCUT2D eigenvalue weighted by Crippen LogP contribution is 2.40. The second-order valence-corrected chi connectivity index (χ2v) is 6.18. The predicted molar refractivity (Wildman–Crippen MR) is 67.5 cm³/mol. The van der Waals surface area contributed by atoms with Crippen LogP contribution < -0.4 is 0 Å². The predicted octanol–water partition coefficient (Wildman–Crippen LogP) is 3.79. The molecule has 0 bridgehead atoms. The Labute approximate surface area is 103 Å². The molecule has 3 heteroatoms. The van der Waals surface area contributed by atoms with E-state index in [9.17, 15) is 4.79 Å². The number of benzene rings is 1. The van der Waals surface area contributed by atoms with Gasteiger partial charge in [-0.15, -0.1) is 11.8 Å². The van der Waals surface area contributed by atoms with Gasteiger partial charge >= 0.3 is 0 Å². The van der Waals surface area contributed by atoms with Crippen molar-refractivity contribution in [2.75, 3.05) is 5.75 Å². The molecule has 0 fully saturated rings. The summed E-state index contributed by atoms with van der Waals surface area (Å²) in [6.45, 7) is 2.04. The van der Waals surface area contributed by atoms with Gasteiger partial charge in [0.1, 0.15) is 6.29 Å². The van der Waals surface area contributed by atoms with Crippen LogP contribution in [0.2, 0.25) is 0 Å². The number of fused-ring (bicyclic) bond motifs is 1. The van der Waals surface area contributed by atoms with Crippen LogP contribution in [0.1, 0.15) is 25.3 Å². The standard InChI is InChI=1S/C12H13BrOS/c1-12(8-14)5-2-6-15-11-7-9(13)3-4-10(11)12/h3-4,7-8H,2,5-6H2,1H3. The van der Waals surface area contributed by atoms with E-state index in [1.165, 1.54) is 10.5 Å². The molecule has 1 unspecified atom stereocenters. The minimum Gasteiger partial charge on any atom is -0.302 e. The first kappa shape index (κ1) is 11.2. The fourth-order valence-electron chi connectivity index (χ4n) is 1.97. The van der Waals surface area contributed by atoms with Crippen LogP contribution in [-0.4, -0.2) is 12.0 Å². The van der Waals surface area contributed by atoms with Crippen molar-refractivity contribution in [2.45, 2.75) is 30.1 Å². The Bertz CT molecular complexity index is 391. The molecular formula is C12H13BrOS. The largest absolute Gasteiger partial charge is 0.302 e. The van der Waals surface area contributed by atoms with E-state index in [1.54, 1.807) is 0 Å². The molecule has 15 heavy (non-hydrogen) atoms. The molecule has 1 heterocycles. The highest BCUT2D eigenvalue weighted by molar-refractivity contribution is 9.10. The first-order chi connectivity index (χ1) is 7.15. The van der Waals surface area contributed by atoms with Gasteiger partial charge in [0, 0.05) is 14.8 Å². The van der Waals surface area contributed by atoms with Gasteiger partial charge in [0.05, 0.1) is 0 Å². The van der Waals surface area contributed by atoms with E-state index in [4.69, 9.17) is 0 Å². The smallest absolute Gasteiger partial charge is 0.130 e. The van der Waals surface area contributed by atoms with E-state index in [1.807, 2.05) is 24.8 Å². The summed E-state index contributed by atoms with van der Waals surface area (Å²) < 4.78 is 1.09. The van der Waals surface area contributed by atoms with Crippen molar-refractivity contribution in [3.05, 3.63) is 28.2 Å². The first-order valence-corrected chi connectivity index (χ1v) is 6.83. The summed E-state index contributed by atoms with van der Waals surface area (Å²) in [5.74, 6) is 1.10. The molecule has 0 spiro atoms. The van der Waals surface area contributed by atoms with Crippen LogP contribution in [0.15, 0.2) is 27.6 Å². The number of thioether (sulfide) groups is 1. The summed E-state index contributed by atoms with van der Waals surface area (Å²) in [5.41, 5.74) is 0.891. The number of hydrogen-bond donors (Lipinski definition) is 0. The average Bonchev–Trinajstić information content (AvgIpc) is 2.39. The molecule has 1 nitrogen and oxygen atoms in total. The van der Waals surface area contributed by atoms with Gasteiger partial charge in [-0.05, 0) is 43.2 Å². The Balaban J connectivity index is 2.54. The van der Waals surface area contributed by atoms with Crippen molar-refractivity contribution < 1.29 is 4.79 Å². The SMILES string of the molecule is CC1(C=O)CCCSc2cc(Br)ccc21. The monoisotopic (exact) mass is 284 g/mol. The Morgan fingerprint density at radius 1 is 1.53 bits per heavy atom. The van der Waals surface area contributed by atoms with Gasteiger partial charge in [0.25, 0.3) is 0 Å². The molecule has 80 valence electrons. The van der Waals surface area contributed by atoms with E-state index in [-0.39, 0.29) is 5.41 Å². The van der Waals surface area contributed by atoms with Crippen LogP contribution in [0, 0.1) is 0 Å². The topological polar surface area (TPSA) is 17.1 Å². The number of carbonyl (C=O) groups excluding carboxylic acids is 1. The summed E-state index contributed by atoms with van der Waals surface area (Å²) in [7, 11) is 0. The van der Waals surface area contributed by atoms with Crippen LogP contribution in [-0.2, 0) is 10.2 Å². The molecule has 0 N–H and O–H groups in total. The molecule has 0 aromatic heterocycles. The first-order valence-electron chi connectivity index (χ1n) is 5.05. The molecule has 2 rings (SSSR count). The Hall–Kier alpha value is -0.280. The van der Waals surface area contributed by atoms with E-state index >= 15 is 0 Å². The van der Waals surface area contributed by atoms with Crippen molar-refractivity contribution >= 4 is 34.0 Å². The fourth-order valence-corrected chi connectivity index (χ4v) is 3.65. The van der Waals surface area contributed by atoms with Crippen molar-refractivity contribution in [3.63, 3.8) is 0 Å². The maximum atomic E-state index is 11.3. The molecular weight excluding hydrogens is 272 g/mol. The zero-order valence-electron chi connectivity index (χ0n) is 8.63. The lowest BCUT2D eigenvalue weighted by molar-refractivity contribution is -0.112. The van der Waals surface area contributed by atoms with Gasteiger partial charge in [-0.2, -0.15) is 0 Å². The van der Waals surface area contributed by atoms with Crippen LogP contribution in [0.4, 0.5) is 0 Å². The van der Waals surface area contributed by atoms with Crippen LogP contribution in [0.5, 0.6) is 0 Å². The number of halogens is 1. The second kappa shape index (κ2) is 4.30. The summed E-state index contributed by atoms with van der Waals surface area (Å²) in [4.78, 5) is 12.5. The third-order valence-electron chi connectivity index (χ3n) is 2.92. The maximum Gasteiger partial charge on any atom is 0.130 e. The normalized spacial score (nSPS) is 25.5. The number of rotatable bonds is 1. The Morgan fingerprint density at radius 2 is 2.33 bits per heavy atom. The van der Waals surface area contributed by atoms with Crippen molar-refractivity contribution in [1.82, 2.24) is 0 Å². The number of aldehydes is 1.